The normalized spacial score (nSPS) is 35.2. The van der Waals surface area contributed by atoms with E-state index in [1.807, 2.05) is 0 Å². The van der Waals surface area contributed by atoms with Gasteiger partial charge in [-0.15, -0.1) is 0 Å². The second kappa shape index (κ2) is 3.97. The average molecular weight is 268 g/mol. The Bertz CT molecular complexity index is 628. The molecule has 3 aliphatic rings. The smallest absolute Gasteiger partial charge is 0.316 e. The molecule has 2 aliphatic carbocycles. The van der Waals surface area contributed by atoms with Gasteiger partial charge in [0, 0.05) is 5.92 Å². The lowest BCUT2D eigenvalue weighted by Gasteiger charge is -2.50. The van der Waals surface area contributed by atoms with E-state index in [0.29, 0.717) is 18.4 Å². The lowest BCUT2D eigenvalue weighted by molar-refractivity contribution is -0.161. The zero-order valence-corrected chi connectivity index (χ0v) is 12.1. The van der Waals surface area contributed by atoms with Gasteiger partial charge in [0.2, 0.25) is 0 Å². The van der Waals surface area contributed by atoms with Gasteiger partial charge in [-0.2, -0.15) is 0 Å². The first-order valence-corrected chi connectivity index (χ1v) is 7.57. The number of cyclic esters (lactones) is 1. The van der Waals surface area contributed by atoms with Crippen molar-refractivity contribution in [2.24, 2.45) is 11.3 Å². The van der Waals surface area contributed by atoms with E-state index in [0.717, 1.165) is 19.3 Å². The number of hydrogen-bond donors (Lipinski definition) is 0. The molecule has 2 nitrogen and oxygen atoms in total. The molecule has 1 heterocycles. The molecule has 20 heavy (non-hydrogen) atoms. The van der Waals surface area contributed by atoms with Crippen LogP contribution in [-0.4, -0.2) is 12.6 Å². The van der Waals surface area contributed by atoms with Gasteiger partial charge in [-0.05, 0) is 48.8 Å². The molecule has 1 aliphatic heterocycles. The molecule has 104 valence electrons. The zero-order valence-electron chi connectivity index (χ0n) is 12.1. The molecule has 1 aromatic rings. The maximum atomic E-state index is 12.6. The number of esters is 1. The number of rotatable bonds is 0. The van der Waals surface area contributed by atoms with E-state index in [2.05, 4.69) is 38.1 Å². The van der Waals surface area contributed by atoms with E-state index >= 15 is 0 Å². The fraction of sp³-hybridized carbons (Fsp3) is 0.500. The largest absolute Gasteiger partial charge is 0.464 e. The molecule has 0 aromatic heterocycles. The molecule has 1 fully saturated rings. The number of carbonyl (C=O) groups excluding carboxylic acids is 1. The summed E-state index contributed by atoms with van der Waals surface area (Å²) in [5.74, 6) is 0.879. The number of allylic oxidation sites excluding steroid dienone is 1. The van der Waals surface area contributed by atoms with Crippen molar-refractivity contribution in [1.82, 2.24) is 0 Å². The SMILES string of the molecule is CC1=C2[C@H](C)COC(=O)[C@@]23Cc2ccccc2[C@H](C1)C3. The van der Waals surface area contributed by atoms with Crippen molar-refractivity contribution in [2.75, 3.05) is 6.61 Å². The summed E-state index contributed by atoms with van der Waals surface area (Å²) < 4.78 is 5.53. The molecule has 0 unspecified atom stereocenters. The van der Waals surface area contributed by atoms with Crippen LogP contribution in [0.15, 0.2) is 35.4 Å². The van der Waals surface area contributed by atoms with Crippen LogP contribution in [0.5, 0.6) is 0 Å². The predicted octanol–water partition coefficient (Wildman–Crippen LogP) is 3.62. The maximum absolute atomic E-state index is 12.6. The van der Waals surface area contributed by atoms with E-state index in [9.17, 15) is 4.79 Å². The molecule has 1 aromatic carbocycles. The van der Waals surface area contributed by atoms with Gasteiger partial charge in [0.15, 0.2) is 0 Å². The Morgan fingerprint density at radius 2 is 2.10 bits per heavy atom. The summed E-state index contributed by atoms with van der Waals surface area (Å²) in [5, 5.41) is 0. The van der Waals surface area contributed by atoms with Crippen LogP contribution in [-0.2, 0) is 16.0 Å². The minimum Gasteiger partial charge on any atom is -0.464 e. The Labute approximate surface area is 119 Å². The number of fused-ring (bicyclic) bond motifs is 3. The van der Waals surface area contributed by atoms with Crippen molar-refractivity contribution in [3.63, 3.8) is 0 Å². The summed E-state index contributed by atoms with van der Waals surface area (Å²) in [6, 6.07) is 8.63. The van der Waals surface area contributed by atoms with E-state index in [1.54, 1.807) is 0 Å². The van der Waals surface area contributed by atoms with Crippen LogP contribution in [0.1, 0.15) is 43.7 Å². The molecular formula is C18H20O2. The minimum atomic E-state index is -0.362. The fourth-order valence-electron chi connectivity index (χ4n) is 4.88. The van der Waals surface area contributed by atoms with Crippen molar-refractivity contribution >= 4 is 5.97 Å². The third-order valence-corrected chi connectivity index (χ3v) is 5.46. The molecule has 4 rings (SSSR count). The molecule has 1 saturated heterocycles. The first kappa shape index (κ1) is 12.2. The second-order valence-electron chi connectivity index (χ2n) is 6.76. The van der Waals surface area contributed by atoms with Crippen LogP contribution in [0, 0.1) is 11.3 Å². The van der Waals surface area contributed by atoms with Crippen LogP contribution in [0.4, 0.5) is 0 Å². The lowest BCUT2D eigenvalue weighted by Crippen LogP contribution is -2.49. The third kappa shape index (κ3) is 1.42. The summed E-state index contributed by atoms with van der Waals surface area (Å²) in [6.45, 7) is 4.98. The van der Waals surface area contributed by atoms with Crippen molar-refractivity contribution in [2.45, 2.75) is 39.0 Å². The summed E-state index contributed by atoms with van der Waals surface area (Å²) in [5.41, 5.74) is 5.25. The topological polar surface area (TPSA) is 26.3 Å². The summed E-state index contributed by atoms with van der Waals surface area (Å²) in [7, 11) is 0. The lowest BCUT2D eigenvalue weighted by atomic mass is 9.55. The van der Waals surface area contributed by atoms with E-state index < -0.39 is 0 Å². The van der Waals surface area contributed by atoms with E-state index in [-0.39, 0.29) is 11.4 Å². The molecular weight excluding hydrogens is 248 g/mol. The first-order valence-electron chi connectivity index (χ1n) is 7.57. The highest BCUT2D eigenvalue weighted by atomic mass is 16.5. The van der Waals surface area contributed by atoms with Crippen molar-refractivity contribution < 1.29 is 9.53 Å². The van der Waals surface area contributed by atoms with Gasteiger partial charge in [-0.25, -0.2) is 0 Å². The molecule has 0 radical (unpaired) electrons. The van der Waals surface area contributed by atoms with Crippen LogP contribution >= 0.6 is 0 Å². The van der Waals surface area contributed by atoms with Crippen LogP contribution in [0.3, 0.4) is 0 Å². The molecule has 0 saturated carbocycles. The molecule has 0 amide bonds. The fourth-order valence-corrected chi connectivity index (χ4v) is 4.88. The highest BCUT2D eigenvalue weighted by molar-refractivity contribution is 5.84. The predicted molar refractivity (Wildman–Crippen MR) is 77.4 cm³/mol. The van der Waals surface area contributed by atoms with Crippen molar-refractivity contribution in [3.05, 3.63) is 46.5 Å². The Kier molecular flexibility index (Phi) is 2.42. The molecule has 0 N–H and O–H groups in total. The maximum Gasteiger partial charge on any atom is 0.316 e. The van der Waals surface area contributed by atoms with Gasteiger partial charge in [-0.3, -0.25) is 4.79 Å². The Morgan fingerprint density at radius 3 is 2.95 bits per heavy atom. The third-order valence-electron chi connectivity index (χ3n) is 5.46. The van der Waals surface area contributed by atoms with Gasteiger partial charge in [0.1, 0.15) is 0 Å². The molecule has 3 atom stereocenters. The van der Waals surface area contributed by atoms with Gasteiger partial charge >= 0.3 is 5.97 Å². The monoisotopic (exact) mass is 268 g/mol. The average Bonchev–Trinajstić information content (AvgIpc) is 2.43. The minimum absolute atomic E-state index is 0.0177. The van der Waals surface area contributed by atoms with Crippen LogP contribution in [0.2, 0.25) is 0 Å². The molecule has 2 bridgehead atoms. The van der Waals surface area contributed by atoms with Gasteiger partial charge in [0.05, 0.1) is 12.0 Å². The van der Waals surface area contributed by atoms with Crippen molar-refractivity contribution in [1.29, 1.82) is 0 Å². The number of benzene rings is 1. The number of hydrogen-bond acceptors (Lipinski definition) is 2. The van der Waals surface area contributed by atoms with Crippen LogP contribution < -0.4 is 0 Å². The Morgan fingerprint density at radius 1 is 1.30 bits per heavy atom. The molecule has 1 spiro atoms. The summed E-state index contributed by atoms with van der Waals surface area (Å²) in [4.78, 5) is 12.6. The standard InChI is InChI=1S/C18H20O2/c1-11-7-14-9-18(8-13-5-3-4-6-15(13)14)16(11)12(2)10-20-17(18)19/h3-6,12,14H,7-10H2,1-2H3/t12-,14-,18-/m1/s1. The highest BCUT2D eigenvalue weighted by Crippen LogP contribution is 2.57. The summed E-state index contributed by atoms with van der Waals surface area (Å²) >= 11 is 0. The summed E-state index contributed by atoms with van der Waals surface area (Å²) in [6.07, 6.45) is 2.88. The van der Waals surface area contributed by atoms with Crippen LogP contribution in [0.25, 0.3) is 0 Å². The van der Waals surface area contributed by atoms with Gasteiger partial charge in [0.25, 0.3) is 0 Å². The second-order valence-corrected chi connectivity index (χ2v) is 6.76. The van der Waals surface area contributed by atoms with Gasteiger partial charge in [-0.1, -0.05) is 36.8 Å². The highest BCUT2D eigenvalue weighted by Gasteiger charge is 2.54. The van der Waals surface area contributed by atoms with E-state index in [4.69, 9.17) is 4.74 Å². The van der Waals surface area contributed by atoms with Gasteiger partial charge < -0.3 is 4.74 Å². The zero-order chi connectivity index (χ0) is 13.9. The Hall–Kier alpha value is -1.57. The first-order chi connectivity index (χ1) is 9.62. The van der Waals surface area contributed by atoms with Crippen molar-refractivity contribution in [3.8, 4) is 0 Å². The molecule has 2 heteroatoms. The Balaban J connectivity index is 1.93. The quantitative estimate of drug-likeness (QED) is 0.530. The number of carbonyl (C=O) groups is 1. The number of ether oxygens (including phenoxy) is 1. The van der Waals surface area contributed by atoms with E-state index in [1.165, 1.54) is 22.3 Å².